The van der Waals surface area contributed by atoms with E-state index < -0.39 is 5.97 Å². The summed E-state index contributed by atoms with van der Waals surface area (Å²) in [5, 5.41) is 16.0. The molecule has 19 heavy (non-hydrogen) atoms. The third kappa shape index (κ3) is 2.93. The van der Waals surface area contributed by atoms with Crippen molar-refractivity contribution in [3.05, 3.63) is 35.5 Å². The Morgan fingerprint density at radius 3 is 2.95 bits per heavy atom. The van der Waals surface area contributed by atoms with Gasteiger partial charge in [0.05, 0.1) is 12.8 Å². The van der Waals surface area contributed by atoms with Gasteiger partial charge in [-0.25, -0.2) is 0 Å². The third-order valence-electron chi connectivity index (χ3n) is 3.01. The van der Waals surface area contributed by atoms with Crippen LogP contribution in [0.2, 0.25) is 0 Å². The number of carboxylic acid groups (broad SMARTS) is 1. The van der Waals surface area contributed by atoms with Crippen molar-refractivity contribution >= 4 is 5.97 Å². The first-order chi connectivity index (χ1) is 9.11. The number of nitrogens with one attached hydrogen (secondary N) is 1. The zero-order valence-corrected chi connectivity index (χ0v) is 10.9. The average Bonchev–Trinajstić information content (AvgIpc) is 2.77. The molecule has 5 heteroatoms. The van der Waals surface area contributed by atoms with Gasteiger partial charge < -0.3 is 9.84 Å². The zero-order chi connectivity index (χ0) is 13.8. The van der Waals surface area contributed by atoms with Crippen LogP contribution in [-0.2, 0) is 11.2 Å². The number of H-pyrrole nitrogens is 1. The Balaban J connectivity index is 2.36. The van der Waals surface area contributed by atoms with Gasteiger partial charge in [-0.2, -0.15) is 5.10 Å². The molecule has 0 unspecified atom stereocenters. The molecular weight excluding hydrogens is 244 g/mol. The number of aromatic nitrogens is 2. The monoisotopic (exact) mass is 260 g/mol. The highest BCUT2D eigenvalue weighted by molar-refractivity contribution is 5.69. The van der Waals surface area contributed by atoms with E-state index in [1.165, 1.54) is 0 Å². The summed E-state index contributed by atoms with van der Waals surface area (Å²) >= 11 is 0. The molecule has 0 aliphatic rings. The van der Waals surface area contributed by atoms with Crippen LogP contribution in [0, 0.1) is 6.92 Å². The topological polar surface area (TPSA) is 75.2 Å². The molecule has 0 spiro atoms. The summed E-state index contributed by atoms with van der Waals surface area (Å²) in [5.74, 6) is -0.0560. The van der Waals surface area contributed by atoms with Gasteiger partial charge in [0.2, 0.25) is 0 Å². The Morgan fingerprint density at radius 2 is 2.26 bits per heavy atom. The number of aryl methyl sites for hydroxylation is 1. The second-order valence-electron chi connectivity index (χ2n) is 4.30. The number of rotatable bonds is 5. The molecule has 2 N–H and O–H groups in total. The summed E-state index contributed by atoms with van der Waals surface area (Å²) in [5.41, 5.74) is 3.55. The Hall–Kier alpha value is -2.30. The highest BCUT2D eigenvalue weighted by Gasteiger charge is 2.13. The van der Waals surface area contributed by atoms with Crippen molar-refractivity contribution in [2.24, 2.45) is 0 Å². The number of carbonyl (C=O) groups is 1. The molecule has 0 bridgehead atoms. The lowest BCUT2D eigenvalue weighted by atomic mass is 10.0. The molecule has 0 aliphatic carbocycles. The lowest BCUT2D eigenvalue weighted by Crippen LogP contribution is -1.99. The maximum Gasteiger partial charge on any atom is 0.303 e. The van der Waals surface area contributed by atoms with Crippen molar-refractivity contribution in [1.82, 2.24) is 10.2 Å². The number of carboxylic acids is 1. The Bertz CT molecular complexity index is 590. The van der Waals surface area contributed by atoms with Gasteiger partial charge in [0.25, 0.3) is 0 Å². The highest BCUT2D eigenvalue weighted by Crippen LogP contribution is 2.27. The van der Waals surface area contributed by atoms with Crippen LogP contribution in [0.1, 0.15) is 17.7 Å². The molecule has 100 valence electrons. The molecule has 0 radical (unpaired) electrons. The summed E-state index contributed by atoms with van der Waals surface area (Å²) in [6, 6.07) is 7.57. The normalized spacial score (nSPS) is 10.4. The molecule has 0 atom stereocenters. The SMILES string of the molecule is COc1cccc(-c2n[nH]c(C)c2CCC(=O)O)c1. The molecular formula is C14H16N2O3. The largest absolute Gasteiger partial charge is 0.497 e. The lowest BCUT2D eigenvalue weighted by Gasteiger charge is -2.05. The molecule has 2 aromatic rings. The number of benzene rings is 1. The van der Waals surface area contributed by atoms with Crippen molar-refractivity contribution in [2.45, 2.75) is 19.8 Å². The van der Waals surface area contributed by atoms with E-state index in [9.17, 15) is 4.79 Å². The first-order valence-electron chi connectivity index (χ1n) is 6.02. The minimum atomic E-state index is -0.808. The van der Waals surface area contributed by atoms with Crippen molar-refractivity contribution in [1.29, 1.82) is 0 Å². The maximum absolute atomic E-state index is 10.7. The summed E-state index contributed by atoms with van der Waals surface area (Å²) in [6.45, 7) is 1.90. The molecule has 0 saturated carbocycles. The van der Waals surface area contributed by atoms with Crippen LogP contribution in [0.25, 0.3) is 11.3 Å². The minimum absolute atomic E-state index is 0.0946. The van der Waals surface area contributed by atoms with Crippen molar-refractivity contribution in [2.75, 3.05) is 7.11 Å². The predicted molar refractivity (Wildman–Crippen MR) is 71.3 cm³/mol. The first kappa shape index (κ1) is 13.1. The van der Waals surface area contributed by atoms with Crippen molar-refractivity contribution in [3.8, 4) is 17.0 Å². The quantitative estimate of drug-likeness (QED) is 0.865. The Kier molecular flexibility index (Phi) is 3.85. The summed E-state index contributed by atoms with van der Waals surface area (Å²) in [4.78, 5) is 10.7. The third-order valence-corrected chi connectivity index (χ3v) is 3.01. The molecule has 2 rings (SSSR count). The average molecular weight is 260 g/mol. The fourth-order valence-electron chi connectivity index (χ4n) is 2.00. The summed E-state index contributed by atoms with van der Waals surface area (Å²) in [6.07, 6.45) is 0.557. The number of hydrogen-bond acceptors (Lipinski definition) is 3. The number of ether oxygens (including phenoxy) is 1. The molecule has 1 aromatic heterocycles. The molecule has 0 saturated heterocycles. The van der Waals surface area contributed by atoms with E-state index in [0.717, 1.165) is 28.3 Å². The fraction of sp³-hybridized carbons (Fsp3) is 0.286. The second-order valence-corrected chi connectivity index (χ2v) is 4.30. The fourth-order valence-corrected chi connectivity index (χ4v) is 2.00. The smallest absolute Gasteiger partial charge is 0.303 e. The van der Waals surface area contributed by atoms with Gasteiger partial charge in [-0.15, -0.1) is 0 Å². The number of aromatic amines is 1. The zero-order valence-electron chi connectivity index (χ0n) is 10.9. The van der Waals surface area contributed by atoms with E-state index >= 15 is 0 Å². The number of hydrogen-bond donors (Lipinski definition) is 2. The molecule has 0 aliphatic heterocycles. The van der Waals surface area contributed by atoms with E-state index in [0.29, 0.717) is 6.42 Å². The molecule has 0 fully saturated rings. The van der Waals surface area contributed by atoms with Crippen LogP contribution in [0.4, 0.5) is 0 Å². The van der Waals surface area contributed by atoms with Crippen LogP contribution >= 0.6 is 0 Å². The van der Waals surface area contributed by atoms with Crippen LogP contribution in [0.3, 0.4) is 0 Å². The molecule has 1 aromatic carbocycles. The molecule has 0 amide bonds. The van der Waals surface area contributed by atoms with Gasteiger partial charge in [-0.05, 0) is 25.5 Å². The second kappa shape index (κ2) is 5.56. The van der Waals surface area contributed by atoms with Crippen LogP contribution in [-0.4, -0.2) is 28.4 Å². The van der Waals surface area contributed by atoms with Gasteiger partial charge in [-0.3, -0.25) is 9.89 Å². The van der Waals surface area contributed by atoms with Crippen molar-refractivity contribution in [3.63, 3.8) is 0 Å². The first-order valence-corrected chi connectivity index (χ1v) is 6.02. The van der Waals surface area contributed by atoms with Crippen LogP contribution in [0.5, 0.6) is 5.75 Å². The van der Waals surface area contributed by atoms with E-state index in [2.05, 4.69) is 10.2 Å². The van der Waals surface area contributed by atoms with Gasteiger partial charge in [0.1, 0.15) is 5.75 Å². The summed E-state index contributed by atoms with van der Waals surface area (Å²) in [7, 11) is 1.61. The molecule has 1 heterocycles. The van der Waals surface area contributed by atoms with E-state index in [1.54, 1.807) is 7.11 Å². The van der Waals surface area contributed by atoms with Gasteiger partial charge in [-0.1, -0.05) is 12.1 Å². The Morgan fingerprint density at radius 1 is 1.47 bits per heavy atom. The Labute approximate surface area is 111 Å². The van der Waals surface area contributed by atoms with E-state index in [1.807, 2.05) is 31.2 Å². The predicted octanol–water partition coefficient (Wildman–Crippen LogP) is 2.41. The minimum Gasteiger partial charge on any atom is -0.497 e. The lowest BCUT2D eigenvalue weighted by molar-refractivity contribution is -0.136. The van der Waals surface area contributed by atoms with E-state index in [-0.39, 0.29) is 6.42 Å². The number of aliphatic carboxylic acids is 1. The van der Waals surface area contributed by atoms with Crippen LogP contribution in [0.15, 0.2) is 24.3 Å². The van der Waals surface area contributed by atoms with Gasteiger partial charge >= 0.3 is 5.97 Å². The summed E-state index contributed by atoms with van der Waals surface area (Å²) < 4.78 is 5.19. The van der Waals surface area contributed by atoms with Gasteiger partial charge in [0, 0.05) is 23.2 Å². The van der Waals surface area contributed by atoms with E-state index in [4.69, 9.17) is 9.84 Å². The van der Waals surface area contributed by atoms with Crippen LogP contribution < -0.4 is 4.74 Å². The molecule has 5 nitrogen and oxygen atoms in total. The maximum atomic E-state index is 10.7. The number of methoxy groups -OCH3 is 1. The van der Waals surface area contributed by atoms with Gasteiger partial charge in [0.15, 0.2) is 0 Å². The van der Waals surface area contributed by atoms with Crippen molar-refractivity contribution < 1.29 is 14.6 Å². The standard InChI is InChI=1S/C14H16N2O3/c1-9-12(6-7-13(17)18)14(16-15-9)10-4-3-5-11(8-10)19-2/h3-5,8H,6-7H2,1-2H3,(H,15,16)(H,17,18). The number of nitrogens with zero attached hydrogens (tertiary/aromatic N) is 1. The highest BCUT2D eigenvalue weighted by atomic mass is 16.5.